The van der Waals surface area contributed by atoms with Crippen LogP contribution in [0.3, 0.4) is 0 Å². The van der Waals surface area contributed by atoms with Gasteiger partial charge >= 0.3 is 5.97 Å². The molecule has 1 N–H and O–H groups in total. The summed E-state index contributed by atoms with van der Waals surface area (Å²) >= 11 is 0. The highest BCUT2D eigenvalue weighted by Gasteiger charge is 2.16. The van der Waals surface area contributed by atoms with Gasteiger partial charge in [-0.2, -0.15) is 0 Å². The number of morpholine rings is 1. The Hall–Kier alpha value is -3.91. The number of esters is 1. The number of hydrogen-bond donors (Lipinski definition) is 1. The van der Waals surface area contributed by atoms with Gasteiger partial charge < -0.3 is 19.7 Å². The van der Waals surface area contributed by atoms with Crippen molar-refractivity contribution in [2.45, 2.75) is 0 Å². The van der Waals surface area contributed by atoms with Gasteiger partial charge in [-0.3, -0.25) is 0 Å². The van der Waals surface area contributed by atoms with Gasteiger partial charge in [-0.1, -0.05) is 18.2 Å². The quantitative estimate of drug-likeness (QED) is 0.484. The number of carbonyl (C=O) groups is 1. The van der Waals surface area contributed by atoms with Crippen molar-refractivity contribution < 1.29 is 14.3 Å². The Morgan fingerprint density at radius 2 is 1.81 bits per heavy atom. The molecule has 2 aromatic carbocycles. The number of ether oxygens (including phenoxy) is 2. The summed E-state index contributed by atoms with van der Waals surface area (Å²) in [6.07, 6.45) is 1.75. The fourth-order valence-electron chi connectivity index (χ4n) is 3.86. The fourth-order valence-corrected chi connectivity index (χ4v) is 3.86. The summed E-state index contributed by atoms with van der Waals surface area (Å²) in [5, 5.41) is 7.93. The summed E-state index contributed by atoms with van der Waals surface area (Å²) in [4.78, 5) is 19.0. The normalized spacial score (nSPS) is 13.8. The van der Waals surface area contributed by atoms with E-state index in [1.54, 1.807) is 16.8 Å². The van der Waals surface area contributed by atoms with Crippen LogP contribution in [0.2, 0.25) is 0 Å². The first-order valence-electron chi connectivity index (χ1n) is 10.5. The average Bonchev–Trinajstić information content (AvgIpc) is 3.28. The van der Waals surface area contributed by atoms with Crippen molar-refractivity contribution in [3.05, 3.63) is 72.4 Å². The minimum atomic E-state index is -0.386. The fraction of sp³-hybridized carbons (Fsp3) is 0.208. The van der Waals surface area contributed by atoms with E-state index in [9.17, 15) is 4.79 Å². The first-order chi connectivity index (χ1) is 15.7. The molecular weight excluding hydrogens is 406 g/mol. The van der Waals surface area contributed by atoms with E-state index in [2.05, 4.69) is 32.4 Å². The summed E-state index contributed by atoms with van der Waals surface area (Å²) in [5.41, 5.74) is 4.91. The van der Waals surface area contributed by atoms with Crippen LogP contribution in [0, 0.1) is 0 Å². The first-order valence-corrected chi connectivity index (χ1v) is 10.5. The molecule has 0 bridgehead atoms. The van der Waals surface area contributed by atoms with Crippen molar-refractivity contribution in [2.24, 2.45) is 0 Å². The SMILES string of the molecule is COC(=O)c1ccccc1-c1ccc2cnc(Nc3ccc(N4CCOCC4)cc3)nn12. The zero-order chi connectivity index (χ0) is 21.9. The average molecular weight is 429 g/mol. The molecule has 1 fully saturated rings. The standard InChI is InChI=1S/C24H23N5O3/c1-31-23(30)21-5-3-2-4-20(21)22-11-10-19-16-25-24(27-29(19)22)26-17-6-8-18(9-7-17)28-12-14-32-15-13-28/h2-11,16H,12-15H2,1H3,(H,26,27). The van der Waals surface area contributed by atoms with Gasteiger partial charge in [0.05, 0.1) is 43.3 Å². The molecule has 3 heterocycles. The third-order valence-corrected chi connectivity index (χ3v) is 5.51. The van der Waals surface area contributed by atoms with Gasteiger partial charge in [0.2, 0.25) is 5.95 Å². The van der Waals surface area contributed by atoms with E-state index in [1.807, 2.05) is 42.5 Å². The predicted molar refractivity (Wildman–Crippen MR) is 123 cm³/mol. The lowest BCUT2D eigenvalue weighted by Crippen LogP contribution is -2.36. The highest BCUT2D eigenvalue weighted by atomic mass is 16.5. The van der Waals surface area contributed by atoms with Gasteiger partial charge in [-0.15, -0.1) is 5.10 Å². The molecule has 162 valence electrons. The van der Waals surface area contributed by atoms with Crippen molar-refractivity contribution in [1.82, 2.24) is 14.6 Å². The van der Waals surface area contributed by atoms with E-state index < -0.39 is 0 Å². The number of nitrogens with one attached hydrogen (secondary N) is 1. The zero-order valence-corrected chi connectivity index (χ0v) is 17.7. The van der Waals surface area contributed by atoms with E-state index in [0.717, 1.165) is 48.8 Å². The molecule has 0 spiro atoms. The molecule has 2 aromatic heterocycles. The smallest absolute Gasteiger partial charge is 0.338 e. The highest BCUT2D eigenvalue weighted by molar-refractivity contribution is 5.97. The summed E-state index contributed by atoms with van der Waals surface area (Å²) in [5.74, 6) is 0.0768. The summed E-state index contributed by atoms with van der Waals surface area (Å²) < 4.78 is 12.1. The molecule has 0 amide bonds. The second kappa shape index (κ2) is 8.68. The van der Waals surface area contributed by atoms with Crippen molar-refractivity contribution in [1.29, 1.82) is 0 Å². The van der Waals surface area contributed by atoms with Gasteiger partial charge in [-0.25, -0.2) is 14.3 Å². The van der Waals surface area contributed by atoms with Gasteiger partial charge in [0.1, 0.15) is 0 Å². The number of methoxy groups -OCH3 is 1. The van der Waals surface area contributed by atoms with E-state index >= 15 is 0 Å². The Kier molecular flexibility index (Phi) is 5.43. The Balaban J connectivity index is 1.43. The maximum Gasteiger partial charge on any atom is 0.338 e. The lowest BCUT2D eigenvalue weighted by Gasteiger charge is -2.28. The highest BCUT2D eigenvalue weighted by Crippen LogP contribution is 2.27. The zero-order valence-electron chi connectivity index (χ0n) is 17.7. The summed E-state index contributed by atoms with van der Waals surface area (Å²) in [7, 11) is 1.38. The second-order valence-corrected chi connectivity index (χ2v) is 7.45. The molecule has 32 heavy (non-hydrogen) atoms. The number of carbonyl (C=O) groups excluding carboxylic acids is 1. The number of anilines is 3. The molecule has 0 aliphatic carbocycles. The van der Waals surface area contributed by atoms with Gasteiger partial charge in [0, 0.05) is 30.0 Å². The third-order valence-electron chi connectivity index (χ3n) is 5.51. The molecule has 1 saturated heterocycles. The van der Waals surface area contributed by atoms with Crippen LogP contribution in [-0.2, 0) is 9.47 Å². The van der Waals surface area contributed by atoms with Crippen molar-refractivity contribution in [2.75, 3.05) is 43.6 Å². The van der Waals surface area contributed by atoms with Crippen molar-refractivity contribution in [3.63, 3.8) is 0 Å². The maximum absolute atomic E-state index is 12.2. The largest absolute Gasteiger partial charge is 0.465 e. The number of benzene rings is 2. The Morgan fingerprint density at radius 1 is 1.03 bits per heavy atom. The van der Waals surface area contributed by atoms with Crippen LogP contribution in [0.25, 0.3) is 16.8 Å². The summed E-state index contributed by atoms with van der Waals surface area (Å²) in [6, 6.07) is 19.4. The van der Waals surface area contributed by atoms with Crippen LogP contribution in [0.1, 0.15) is 10.4 Å². The van der Waals surface area contributed by atoms with Crippen molar-refractivity contribution >= 4 is 28.8 Å². The van der Waals surface area contributed by atoms with Crippen LogP contribution >= 0.6 is 0 Å². The topological polar surface area (TPSA) is 81.0 Å². The lowest BCUT2D eigenvalue weighted by molar-refractivity contribution is 0.0601. The number of aromatic nitrogens is 3. The Morgan fingerprint density at radius 3 is 2.59 bits per heavy atom. The maximum atomic E-state index is 12.2. The van der Waals surface area contributed by atoms with Crippen molar-refractivity contribution in [3.8, 4) is 11.3 Å². The lowest BCUT2D eigenvalue weighted by atomic mass is 10.1. The Bertz CT molecular complexity index is 1250. The van der Waals surface area contributed by atoms with Crippen LogP contribution in [0.4, 0.5) is 17.3 Å². The Labute approximate surface area is 185 Å². The second-order valence-electron chi connectivity index (χ2n) is 7.45. The monoisotopic (exact) mass is 429 g/mol. The molecule has 1 aliphatic heterocycles. The van der Waals surface area contributed by atoms with E-state index in [0.29, 0.717) is 11.5 Å². The molecule has 5 rings (SSSR count). The van der Waals surface area contributed by atoms with Crippen LogP contribution in [0.15, 0.2) is 66.9 Å². The molecular formula is C24H23N5O3. The minimum absolute atomic E-state index is 0.386. The van der Waals surface area contributed by atoms with Crippen LogP contribution in [-0.4, -0.2) is 54.0 Å². The van der Waals surface area contributed by atoms with Crippen LogP contribution < -0.4 is 10.2 Å². The molecule has 0 saturated carbocycles. The molecule has 8 heteroatoms. The van der Waals surface area contributed by atoms with E-state index in [-0.39, 0.29) is 5.97 Å². The molecule has 0 unspecified atom stereocenters. The first kappa shape index (κ1) is 20.0. The molecule has 4 aromatic rings. The number of fused-ring (bicyclic) bond motifs is 1. The summed E-state index contributed by atoms with van der Waals surface area (Å²) in [6.45, 7) is 3.31. The number of nitrogens with zero attached hydrogens (tertiary/aromatic N) is 4. The van der Waals surface area contributed by atoms with Gasteiger partial charge in [0.25, 0.3) is 0 Å². The van der Waals surface area contributed by atoms with E-state index in [1.165, 1.54) is 12.8 Å². The third kappa shape index (κ3) is 3.88. The molecule has 8 nitrogen and oxygen atoms in total. The number of rotatable bonds is 5. The minimum Gasteiger partial charge on any atom is -0.465 e. The predicted octanol–water partition coefficient (Wildman–Crippen LogP) is 3.76. The molecule has 0 atom stereocenters. The van der Waals surface area contributed by atoms with E-state index in [4.69, 9.17) is 9.47 Å². The van der Waals surface area contributed by atoms with Crippen LogP contribution in [0.5, 0.6) is 0 Å². The molecule has 1 aliphatic rings. The molecule has 0 radical (unpaired) electrons. The number of hydrogen-bond acceptors (Lipinski definition) is 7. The van der Waals surface area contributed by atoms with Gasteiger partial charge in [0.15, 0.2) is 0 Å². The van der Waals surface area contributed by atoms with Gasteiger partial charge in [-0.05, 0) is 42.5 Å².